The summed E-state index contributed by atoms with van der Waals surface area (Å²) in [6.45, 7) is 2.86. The van der Waals surface area contributed by atoms with Gasteiger partial charge in [0.05, 0.1) is 18.1 Å². The van der Waals surface area contributed by atoms with E-state index in [1.54, 1.807) is 14.0 Å². The van der Waals surface area contributed by atoms with Crippen molar-refractivity contribution in [2.24, 2.45) is 4.99 Å². The highest BCUT2D eigenvalue weighted by molar-refractivity contribution is 8.18. The maximum absolute atomic E-state index is 11.9. The molecule has 1 aromatic carbocycles. The highest BCUT2D eigenvalue weighted by Gasteiger charge is 2.23. The Morgan fingerprint density at radius 1 is 1.50 bits per heavy atom. The summed E-state index contributed by atoms with van der Waals surface area (Å²) in [5.74, 6) is 0.482. The number of ether oxygens (including phenoxy) is 1. The molecule has 0 bridgehead atoms. The zero-order chi connectivity index (χ0) is 15.5. The van der Waals surface area contributed by atoms with Gasteiger partial charge in [-0.2, -0.15) is 0 Å². The number of rotatable bonds is 4. The van der Waals surface area contributed by atoms with Gasteiger partial charge in [0.15, 0.2) is 16.6 Å². The SMILES string of the molecule is COCCN=C1NC(=O)C(=Cc2ccc3nc(C)oc3c2)S1. The van der Waals surface area contributed by atoms with Gasteiger partial charge >= 0.3 is 0 Å². The van der Waals surface area contributed by atoms with Crippen LogP contribution in [-0.4, -0.2) is 36.3 Å². The zero-order valence-corrected chi connectivity index (χ0v) is 13.1. The summed E-state index contributed by atoms with van der Waals surface area (Å²) < 4.78 is 10.4. The van der Waals surface area contributed by atoms with Crippen molar-refractivity contribution in [1.82, 2.24) is 10.3 Å². The van der Waals surface area contributed by atoms with Crippen LogP contribution in [0.3, 0.4) is 0 Å². The molecule has 22 heavy (non-hydrogen) atoms. The van der Waals surface area contributed by atoms with Crippen LogP contribution in [0.1, 0.15) is 11.5 Å². The summed E-state index contributed by atoms with van der Waals surface area (Å²) >= 11 is 1.32. The van der Waals surface area contributed by atoms with Gasteiger partial charge in [0.25, 0.3) is 5.91 Å². The van der Waals surface area contributed by atoms with Gasteiger partial charge in [-0.05, 0) is 35.5 Å². The van der Waals surface area contributed by atoms with Gasteiger partial charge in [-0.25, -0.2) is 4.98 Å². The van der Waals surface area contributed by atoms with Gasteiger partial charge in [-0.3, -0.25) is 9.79 Å². The van der Waals surface area contributed by atoms with E-state index in [0.29, 0.717) is 34.7 Å². The van der Waals surface area contributed by atoms with Crippen molar-refractivity contribution >= 4 is 40.0 Å². The van der Waals surface area contributed by atoms with Crippen molar-refractivity contribution in [3.63, 3.8) is 0 Å². The number of thioether (sulfide) groups is 1. The lowest BCUT2D eigenvalue weighted by Crippen LogP contribution is -2.20. The molecule has 0 unspecified atom stereocenters. The Morgan fingerprint density at radius 3 is 3.18 bits per heavy atom. The average molecular weight is 317 g/mol. The van der Waals surface area contributed by atoms with E-state index in [2.05, 4.69) is 15.3 Å². The van der Waals surface area contributed by atoms with Crippen LogP contribution >= 0.6 is 11.8 Å². The second kappa shape index (κ2) is 6.33. The number of amidine groups is 1. The lowest BCUT2D eigenvalue weighted by molar-refractivity contribution is -0.115. The molecule has 0 atom stereocenters. The molecular weight excluding hydrogens is 302 g/mol. The predicted molar refractivity (Wildman–Crippen MR) is 86.6 cm³/mol. The quantitative estimate of drug-likeness (QED) is 0.692. The topological polar surface area (TPSA) is 76.7 Å². The van der Waals surface area contributed by atoms with Crippen LogP contribution in [0, 0.1) is 6.92 Å². The fraction of sp³-hybridized carbons (Fsp3) is 0.267. The summed E-state index contributed by atoms with van der Waals surface area (Å²) in [5.41, 5.74) is 2.41. The fourth-order valence-electron chi connectivity index (χ4n) is 2.04. The summed E-state index contributed by atoms with van der Waals surface area (Å²) in [6, 6.07) is 5.66. The molecular formula is C15H15N3O3S. The number of amides is 1. The summed E-state index contributed by atoms with van der Waals surface area (Å²) in [7, 11) is 1.62. The first kappa shape index (κ1) is 14.8. The van der Waals surface area contributed by atoms with Crippen LogP contribution in [-0.2, 0) is 9.53 Å². The molecule has 1 aliphatic rings. The van der Waals surface area contributed by atoms with E-state index in [-0.39, 0.29) is 5.91 Å². The number of aliphatic imine (C=N–C) groups is 1. The Bertz CT molecular complexity index is 779. The van der Waals surface area contributed by atoms with Gasteiger partial charge in [-0.1, -0.05) is 6.07 Å². The smallest absolute Gasteiger partial charge is 0.264 e. The maximum Gasteiger partial charge on any atom is 0.264 e. The molecule has 0 spiro atoms. The minimum absolute atomic E-state index is 0.144. The molecule has 0 aliphatic carbocycles. The number of aryl methyl sites for hydroxylation is 1. The van der Waals surface area contributed by atoms with Gasteiger partial charge in [0.2, 0.25) is 0 Å². The number of nitrogens with zero attached hydrogens (tertiary/aromatic N) is 2. The molecule has 1 N–H and O–H groups in total. The van der Waals surface area contributed by atoms with Crippen molar-refractivity contribution in [2.75, 3.05) is 20.3 Å². The Kier molecular flexibility index (Phi) is 4.26. The van der Waals surface area contributed by atoms with Crippen molar-refractivity contribution < 1.29 is 13.9 Å². The summed E-state index contributed by atoms with van der Waals surface area (Å²) in [4.78, 5) is 21.1. The van der Waals surface area contributed by atoms with Gasteiger partial charge in [0.1, 0.15) is 5.52 Å². The molecule has 1 aliphatic heterocycles. The lowest BCUT2D eigenvalue weighted by Gasteiger charge is -1.95. The number of hydrogen-bond acceptors (Lipinski definition) is 6. The molecule has 7 heteroatoms. The first-order valence-corrected chi connectivity index (χ1v) is 7.59. The number of carbonyl (C=O) groups is 1. The Labute approximate surface area is 131 Å². The molecule has 0 saturated carbocycles. The maximum atomic E-state index is 11.9. The third-order valence-electron chi connectivity index (χ3n) is 3.02. The third-order valence-corrected chi connectivity index (χ3v) is 3.97. The van der Waals surface area contributed by atoms with Crippen molar-refractivity contribution in [2.45, 2.75) is 6.92 Å². The van der Waals surface area contributed by atoms with Crippen LogP contribution in [0.2, 0.25) is 0 Å². The molecule has 1 fully saturated rings. The lowest BCUT2D eigenvalue weighted by atomic mass is 10.2. The van der Waals surface area contributed by atoms with E-state index >= 15 is 0 Å². The molecule has 1 aromatic heterocycles. The van der Waals surface area contributed by atoms with Crippen LogP contribution in [0.4, 0.5) is 0 Å². The summed E-state index contributed by atoms with van der Waals surface area (Å²) in [6.07, 6.45) is 1.82. The number of hydrogen-bond donors (Lipinski definition) is 1. The standard InChI is InChI=1S/C15H15N3O3S/c1-9-17-11-4-3-10(7-12(11)21-9)8-13-14(19)18-15(22-13)16-5-6-20-2/h3-4,7-8H,5-6H2,1-2H3,(H,16,18,19). The number of methoxy groups -OCH3 is 1. The van der Waals surface area contributed by atoms with Crippen molar-refractivity contribution in [3.05, 3.63) is 34.6 Å². The molecule has 6 nitrogen and oxygen atoms in total. The van der Waals surface area contributed by atoms with Crippen molar-refractivity contribution in [1.29, 1.82) is 0 Å². The van der Waals surface area contributed by atoms with E-state index in [1.165, 1.54) is 11.8 Å². The van der Waals surface area contributed by atoms with E-state index in [1.807, 2.05) is 24.3 Å². The fourth-order valence-corrected chi connectivity index (χ4v) is 2.88. The van der Waals surface area contributed by atoms with Gasteiger partial charge in [0, 0.05) is 14.0 Å². The van der Waals surface area contributed by atoms with Crippen LogP contribution < -0.4 is 5.32 Å². The Morgan fingerprint density at radius 2 is 2.36 bits per heavy atom. The molecule has 3 rings (SSSR count). The number of carbonyl (C=O) groups excluding carboxylic acids is 1. The number of nitrogens with one attached hydrogen (secondary N) is 1. The largest absolute Gasteiger partial charge is 0.441 e. The average Bonchev–Trinajstić information content (AvgIpc) is 3.01. The first-order valence-electron chi connectivity index (χ1n) is 6.77. The molecule has 2 heterocycles. The summed E-state index contributed by atoms with van der Waals surface area (Å²) in [5, 5.41) is 3.34. The monoisotopic (exact) mass is 317 g/mol. The third kappa shape index (κ3) is 3.20. The van der Waals surface area contributed by atoms with E-state index in [0.717, 1.165) is 11.1 Å². The minimum atomic E-state index is -0.144. The normalized spacial score (nSPS) is 18.5. The predicted octanol–water partition coefficient (Wildman–Crippen LogP) is 2.34. The number of benzene rings is 1. The molecule has 114 valence electrons. The second-order valence-electron chi connectivity index (χ2n) is 4.70. The Balaban J connectivity index is 1.81. The van der Waals surface area contributed by atoms with Crippen molar-refractivity contribution in [3.8, 4) is 0 Å². The molecule has 1 saturated heterocycles. The molecule has 1 amide bonds. The molecule has 2 aromatic rings. The highest BCUT2D eigenvalue weighted by atomic mass is 32.2. The zero-order valence-electron chi connectivity index (χ0n) is 12.3. The number of aromatic nitrogens is 1. The minimum Gasteiger partial charge on any atom is -0.441 e. The second-order valence-corrected chi connectivity index (χ2v) is 5.74. The van der Waals surface area contributed by atoms with Crippen LogP contribution in [0.15, 0.2) is 32.5 Å². The van der Waals surface area contributed by atoms with E-state index in [9.17, 15) is 4.79 Å². The van der Waals surface area contributed by atoms with E-state index < -0.39 is 0 Å². The van der Waals surface area contributed by atoms with Crippen LogP contribution in [0.5, 0.6) is 0 Å². The molecule has 0 radical (unpaired) electrons. The van der Waals surface area contributed by atoms with Gasteiger partial charge in [-0.15, -0.1) is 0 Å². The number of fused-ring (bicyclic) bond motifs is 1. The first-order chi connectivity index (χ1) is 10.7. The van der Waals surface area contributed by atoms with Crippen LogP contribution in [0.25, 0.3) is 17.2 Å². The highest BCUT2D eigenvalue weighted by Crippen LogP contribution is 2.27. The van der Waals surface area contributed by atoms with E-state index in [4.69, 9.17) is 9.15 Å². The van der Waals surface area contributed by atoms with Gasteiger partial charge < -0.3 is 14.5 Å². The Hall–Kier alpha value is -2.12. The number of oxazole rings is 1.